The first kappa shape index (κ1) is 14.8. The Kier molecular flexibility index (Phi) is 3.97. The van der Waals surface area contributed by atoms with Gasteiger partial charge in [-0.2, -0.15) is 0 Å². The minimum absolute atomic E-state index is 0.0252. The first-order valence-corrected chi connectivity index (χ1v) is 11.6. The number of hydrogen-bond acceptors (Lipinski definition) is 4. The van der Waals surface area contributed by atoms with Crippen molar-refractivity contribution in [1.82, 2.24) is 0 Å². The van der Waals surface area contributed by atoms with Crippen LogP contribution in [0.15, 0.2) is 22.6 Å². The van der Waals surface area contributed by atoms with E-state index in [0.29, 0.717) is 17.9 Å². The predicted molar refractivity (Wildman–Crippen MR) is 76.4 cm³/mol. The third-order valence-electron chi connectivity index (χ3n) is 2.89. The summed E-state index contributed by atoms with van der Waals surface area (Å²) >= 11 is -2.04. The molecular formula is C12H16N2NaO3S. The molecule has 0 aliphatic carbocycles. The van der Waals surface area contributed by atoms with Gasteiger partial charge in [0.15, 0.2) is 0 Å². The van der Waals surface area contributed by atoms with E-state index in [1.807, 2.05) is 18.2 Å². The molecule has 1 aromatic carbocycles. The summed E-state index contributed by atoms with van der Waals surface area (Å²) in [4.78, 5) is 0. The molecule has 2 N–H and O–H groups in total. The number of fused-ring (bicyclic) bond motifs is 1. The summed E-state index contributed by atoms with van der Waals surface area (Å²) in [6.45, 7) is 6.75. The van der Waals surface area contributed by atoms with E-state index in [9.17, 15) is 8.42 Å². The number of ether oxygens (including phenoxy) is 1. The molecular weight excluding hydrogens is 275 g/mol. The van der Waals surface area contributed by atoms with Crippen molar-refractivity contribution >= 4 is 39.5 Å². The van der Waals surface area contributed by atoms with E-state index < -0.39 is 30.9 Å². The van der Waals surface area contributed by atoms with Crippen LogP contribution in [0.25, 0.3) is 0 Å². The number of nitrogens with zero attached hydrogens (tertiary/aromatic N) is 1. The van der Waals surface area contributed by atoms with E-state index in [0.717, 1.165) is 2.81 Å². The van der Waals surface area contributed by atoms with Crippen molar-refractivity contribution in [2.75, 3.05) is 6.61 Å². The van der Waals surface area contributed by atoms with E-state index in [1.54, 1.807) is 0 Å². The molecule has 7 heteroatoms. The Bertz CT molecular complexity index is 633. The second-order valence-electron chi connectivity index (χ2n) is 6.21. The van der Waals surface area contributed by atoms with Crippen molar-refractivity contribution in [2.24, 2.45) is 15.5 Å². The van der Waals surface area contributed by atoms with Gasteiger partial charge in [0.1, 0.15) is 0 Å². The average molecular weight is 291 g/mol. The zero-order chi connectivity index (χ0) is 14.3. The van der Waals surface area contributed by atoms with Crippen LogP contribution in [0.4, 0.5) is 0 Å². The van der Waals surface area contributed by atoms with Gasteiger partial charge in [-0.15, -0.1) is 0 Å². The Hall–Kier alpha value is -0.560. The van der Waals surface area contributed by atoms with Gasteiger partial charge in [-0.1, -0.05) is 0 Å². The summed E-state index contributed by atoms with van der Waals surface area (Å²) in [5.74, 6) is 0.689. The number of hydrogen-bond donors (Lipinski definition) is 1. The summed E-state index contributed by atoms with van der Waals surface area (Å²) in [5, 5.41) is 0. The zero-order valence-electron chi connectivity index (χ0n) is 11.6. The molecule has 1 aliphatic rings. The average Bonchev–Trinajstić information content (AvgIpc) is 2.22. The zero-order valence-corrected chi connectivity index (χ0v) is 14.4. The van der Waals surface area contributed by atoms with E-state index >= 15 is 0 Å². The first-order valence-electron chi connectivity index (χ1n) is 6.28. The summed E-state index contributed by atoms with van der Waals surface area (Å²) in [5.41, 5.74) is 6.49. The molecule has 0 saturated heterocycles. The van der Waals surface area contributed by atoms with E-state index in [-0.39, 0.29) is 11.3 Å². The molecule has 19 heavy (non-hydrogen) atoms. The van der Waals surface area contributed by atoms with Crippen LogP contribution in [0.2, 0.25) is 0 Å². The fourth-order valence-corrected chi connectivity index (χ4v) is 7.78. The molecule has 99 valence electrons. The second kappa shape index (κ2) is 5.09. The number of amidine groups is 1. The maximum absolute atomic E-state index is 11.6. The van der Waals surface area contributed by atoms with Crippen LogP contribution in [-0.2, 0) is 6.14 Å². The topological polar surface area (TPSA) is 81.8 Å². The fourth-order valence-electron chi connectivity index (χ4n) is 2.10. The van der Waals surface area contributed by atoms with Crippen LogP contribution in [0.3, 0.4) is 0 Å². The number of rotatable bonds is 2. The van der Waals surface area contributed by atoms with Crippen LogP contribution in [-0.4, -0.2) is 45.6 Å². The Morgan fingerprint density at radius 1 is 1.37 bits per heavy atom. The Morgan fingerprint density at radius 3 is 2.68 bits per heavy atom. The second-order valence-corrected chi connectivity index (χ2v) is 13.7. The van der Waals surface area contributed by atoms with Crippen molar-refractivity contribution in [1.29, 1.82) is 0 Å². The maximum atomic E-state index is 11.6. The van der Waals surface area contributed by atoms with E-state index in [2.05, 4.69) is 25.2 Å². The molecule has 0 atom stereocenters. The van der Waals surface area contributed by atoms with Gasteiger partial charge < -0.3 is 0 Å². The van der Waals surface area contributed by atoms with E-state index in [4.69, 9.17) is 10.5 Å². The molecule has 0 unspecified atom stereocenters. The molecule has 0 fully saturated rings. The van der Waals surface area contributed by atoms with Gasteiger partial charge in [-0.3, -0.25) is 0 Å². The van der Waals surface area contributed by atoms with Gasteiger partial charge in [-0.25, -0.2) is 0 Å². The first-order chi connectivity index (χ1) is 8.68. The van der Waals surface area contributed by atoms with Crippen molar-refractivity contribution < 1.29 is 13.2 Å². The van der Waals surface area contributed by atoms with Crippen LogP contribution < -0.4 is 13.3 Å². The molecule has 1 aliphatic heterocycles. The third-order valence-corrected chi connectivity index (χ3v) is 8.63. The normalized spacial score (nSPS) is 17.5. The standard InChI is InChI=1S/C12H16N2O3S.Na/c1-12(2,3)8-17-10-7-5-4-6-9(10)11(13)14-18(15)16;/h4-5,7H,8H2,1-3H3,(H2,13,14,15,16);. The fraction of sp³-hybridized carbons (Fsp3) is 0.417. The van der Waals surface area contributed by atoms with Gasteiger partial charge >= 0.3 is 125 Å². The van der Waals surface area contributed by atoms with Gasteiger partial charge in [0.2, 0.25) is 0 Å². The van der Waals surface area contributed by atoms with Crippen LogP contribution >= 0.6 is 0 Å². The molecule has 2 rings (SSSR count). The van der Waals surface area contributed by atoms with Gasteiger partial charge in [0.25, 0.3) is 0 Å². The SMILES string of the molecule is CC(C)(C)COc1ccc[c]2c1C(N)=N[S](=O)(=O)[Na]2. The molecule has 0 spiro atoms. The van der Waals surface area contributed by atoms with Crippen molar-refractivity contribution in [3.63, 3.8) is 0 Å². The predicted octanol–water partition coefficient (Wildman–Crippen LogP) is 0.405. The molecule has 0 saturated carbocycles. The van der Waals surface area contributed by atoms with Crippen molar-refractivity contribution in [3.05, 3.63) is 23.8 Å². The number of nitrogens with two attached hydrogens (primary N) is 1. The Morgan fingerprint density at radius 2 is 2.05 bits per heavy atom. The summed E-state index contributed by atoms with van der Waals surface area (Å²) < 4.78 is 33.5. The monoisotopic (exact) mass is 291 g/mol. The van der Waals surface area contributed by atoms with Crippen LogP contribution in [0.1, 0.15) is 26.3 Å². The molecule has 1 heterocycles. The van der Waals surface area contributed by atoms with Gasteiger partial charge in [-0.05, 0) is 0 Å². The Balaban J connectivity index is 2.40. The Labute approximate surface area is 124 Å². The summed E-state index contributed by atoms with van der Waals surface area (Å²) in [6, 6.07) is 5.45. The van der Waals surface area contributed by atoms with Gasteiger partial charge in [0, 0.05) is 0 Å². The van der Waals surface area contributed by atoms with Crippen LogP contribution in [0.5, 0.6) is 5.75 Å². The quantitative estimate of drug-likeness (QED) is 0.800. The number of benzene rings is 1. The van der Waals surface area contributed by atoms with Crippen molar-refractivity contribution in [2.45, 2.75) is 20.8 Å². The summed E-state index contributed by atoms with van der Waals surface area (Å²) in [6.07, 6.45) is -3.30. The molecule has 0 amide bonds. The van der Waals surface area contributed by atoms with E-state index in [1.165, 1.54) is 0 Å². The van der Waals surface area contributed by atoms with Gasteiger partial charge in [0.05, 0.1) is 0 Å². The van der Waals surface area contributed by atoms with Crippen LogP contribution in [0, 0.1) is 5.41 Å². The minimum atomic E-state index is -3.30. The molecule has 5 nitrogen and oxygen atoms in total. The molecule has 0 aromatic heterocycles. The molecule has 1 aromatic rings. The molecule has 5 radical (unpaired) electrons. The summed E-state index contributed by atoms with van der Waals surface area (Å²) in [7, 11) is 0. The van der Waals surface area contributed by atoms with Crippen molar-refractivity contribution in [3.8, 4) is 5.75 Å². The third kappa shape index (κ3) is 3.72. The molecule has 0 bridgehead atoms.